The number of piperazine rings is 1. The predicted molar refractivity (Wildman–Crippen MR) is 79.9 cm³/mol. The fourth-order valence-corrected chi connectivity index (χ4v) is 2.54. The summed E-state index contributed by atoms with van der Waals surface area (Å²) >= 11 is 0. The van der Waals surface area contributed by atoms with Crippen molar-refractivity contribution in [3.05, 3.63) is 18.3 Å². The van der Waals surface area contributed by atoms with Gasteiger partial charge in [0.2, 0.25) is 5.91 Å². The molecule has 1 saturated heterocycles. The van der Waals surface area contributed by atoms with Crippen molar-refractivity contribution in [3.8, 4) is 0 Å². The summed E-state index contributed by atoms with van der Waals surface area (Å²) in [4.78, 5) is 20.8. The van der Waals surface area contributed by atoms with Gasteiger partial charge in [-0.3, -0.25) is 4.79 Å². The van der Waals surface area contributed by atoms with Gasteiger partial charge in [0.25, 0.3) is 0 Å². The van der Waals surface area contributed by atoms with Gasteiger partial charge < -0.3 is 15.1 Å². The van der Waals surface area contributed by atoms with Crippen molar-refractivity contribution in [2.45, 2.75) is 19.8 Å². The number of likely N-dealkylation sites (N-methyl/N-ethyl adjacent to an activating group) is 1. The molecule has 1 N–H and O–H groups in total. The monoisotopic (exact) mass is 274 g/mol. The molecule has 0 atom stereocenters. The summed E-state index contributed by atoms with van der Waals surface area (Å²) in [5, 5.41) is 2.87. The number of anilines is 2. The molecule has 0 unspecified atom stereocenters. The van der Waals surface area contributed by atoms with Crippen molar-refractivity contribution in [1.29, 1.82) is 0 Å². The third-order valence-electron chi connectivity index (χ3n) is 4.13. The Bertz CT molecular complexity index is 461. The summed E-state index contributed by atoms with van der Waals surface area (Å²) < 4.78 is 0. The molecule has 0 aromatic carbocycles. The molecule has 108 valence electrons. The summed E-state index contributed by atoms with van der Waals surface area (Å²) in [5.74, 6) is 0.998. The Kier molecular flexibility index (Phi) is 3.87. The molecule has 5 nitrogen and oxygen atoms in total. The highest BCUT2D eigenvalue weighted by Crippen LogP contribution is 2.30. The van der Waals surface area contributed by atoms with Crippen molar-refractivity contribution in [3.63, 3.8) is 0 Å². The number of hydrogen-bond acceptors (Lipinski definition) is 4. The molecule has 0 spiro atoms. The van der Waals surface area contributed by atoms with E-state index in [0.717, 1.165) is 51.3 Å². The van der Waals surface area contributed by atoms with Crippen molar-refractivity contribution in [2.75, 3.05) is 42.9 Å². The van der Waals surface area contributed by atoms with Gasteiger partial charge in [-0.05, 0) is 31.5 Å². The first-order chi connectivity index (χ1) is 9.76. The van der Waals surface area contributed by atoms with Crippen LogP contribution < -0.4 is 10.2 Å². The fraction of sp³-hybridized carbons (Fsp3) is 0.600. The average Bonchev–Trinajstić information content (AvgIpc) is 3.33. The second-order valence-corrected chi connectivity index (χ2v) is 5.59. The van der Waals surface area contributed by atoms with Gasteiger partial charge in [0.05, 0.1) is 11.9 Å². The van der Waals surface area contributed by atoms with E-state index in [4.69, 9.17) is 0 Å². The van der Waals surface area contributed by atoms with Crippen LogP contribution in [0.5, 0.6) is 0 Å². The topological polar surface area (TPSA) is 48.5 Å². The molecule has 2 fully saturated rings. The van der Waals surface area contributed by atoms with Crippen LogP contribution in [-0.2, 0) is 4.79 Å². The molecule has 1 aliphatic carbocycles. The van der Waals surface area contributed by atoms with Crippen LogP contribution in [0.3, 0.4) is 0 Å². The number of carbonyl (C=O) groups excluding carboxylic acids is 1. The standard InChI is InChI=1S/C15H22N4O/c1-2-18-7-9-19(10-8-18)13-5-6-14(16-11-13)17-15(20)12-3-4-12/h5-6,11-12H,2-4,7-10H2,1H3,(H,16,17,20). The number of pyridine rings is 1. The zero-order valence-corrected chi connectivity index (χ0v) is 12.0. The lowest BCUT2D eigenvalue weighted by atomic mass is 10.2. The average molecular weight is 274 g/mol. The van der Waals surface area contributed by atoms with Gasteiger partial charge in [-0.25, -0.2) is 4.98 Å². The second kappa shape index (κ2) is 5.79. The van der Waals surface area contributed by atoms with Crippen LogP contribution in [0.2, 0.25) is 0 Å². The molecule has 1 aromatic rings. The lowest BCUT2D eigenvalue weighted by Crippen LogP contribution is -2.46. The first kappa shape index (κ1) is 13.4. The van der Waals surface area contributed by atoms with E-state index >= 15 is 0 Å². The first-order valence-corrected chi connectivity index (χ1v) is 7.50. The van der Waals surface area contributed by atoms with Gasteiger partial charge in [-0.2, -0.15) is 0 Å². The molecule has 1 amide bonds. The molecule has 1 saturated carbocycles. The number of aromatic nitrogens is 1. The Morgan fingerprint density at radius 1 is 1.30 bits per heavy atom. The maximum absolute atomic E-state index is 11.7. The van der Waals surface area contributed by atoms with Gasteiger partial charge in [0, 0.05) is 32.1 Å². The van der Waals surface area contributed by atoms with E-state index in [0.29, 0.717) is 5.82 Å². The summed E-state index contributed by atoms with van der Waals surface area (Å²) in [6.45, 7) is 7.63. The van der Waals surface area contributed by atoms with Crippen molar-refractivity contribution >= 4 is 17.4 Å². The Labute approximate surface area is 120 Å². The zero-order chi connectivity index (χ0) is 13.9. The van der Waals surface area contributed by atoms with Crippen molar-refractivity contribution in [1.82, 2.24) is 9.88 Å². The maximum Gasteiger partial charge on any atom is 0.228 e. The smallest absolute Gasteiger partial charge is 0.228 e. The van der Waals surface area contributed by atoms with Crippen LogP contribution in [0.4, 0.5) is 11.5 Å². The lowest BCUT2D eigenvalue weighted by Gasteiger charge is -2.35. The number of nitrogens with one attached hydrogen (secondary N) is 1. The van der Waals surface area contributed by atoms with E-state index in [1.807, 2.05) is 12.3 Å². The van der Waals surface area contributed by atoms with Gasteiger partial charge in [-0.1, -0.05) is 6.92 Å². The predicted octanol–water partition coefficient (Wildman–Crippen LogP) is 1.57. The van der Waals surface area contributed by atoms with Crippen molar-refractivity contribution < 1.29 is 4.79 Å². The van der Waals surface area contributed by atoms with E-state index in [2.05, 4.69) is 33.1 Å². The minimum absolute atomic E-state index is 0.113. The van der Waals surface area contributed by atoms with Crippen LogP contribution in [-0.4, -0.2) is 48.5 Å². The van der Waals surface area contributed by atoms with Crippen LogP contribution in [0.15, 0.2) is 18.3 Å². The lowest BCUT2D eigenvalue weighted by molar-refractivity contribution is -0.117. The Hall–Kier alpha value is -1.62. The van der Waals surface area contributed by atoms with Gasteiger partial charge in [-0.15, -0.1) is 0 Å². The van der Waals surface area contributed by atoms with E-state index in [1.165, 1.54) is 0 Å². The molecule has 3 rings (SSSR count). The first-order valence-electron chi connectivity index (χ1n) is 7.50. The minimum atomic E-state index is 0.113. The number of amides is 1. The van der Waals surface area contributed by atoms with E-state index in [-0.39, 0.29) is 11.8 Å². The van der Waals surface area contributed by atoms with E-state index in [1.54, 1.807) is 0 Å². The highest BCUT2D eigenvalue weighted by molar-refractivity contribution is 5.93. The summed E-state index contributed by atoms with van der Waals surface area (Å²) in [6, 6.07) is 3.96. The largest absolute Gasteiger partial charge is 0.368 e. The van der Waals surface area contributed by atoms with Crippen LogP contribution in [0.1, 0.15) is 19.8 Å². The molecule has 20 heavy (non-hydrogen) atoms. The third kappa shape index (κ3) is 3.10. The van der Waals surface area contributed by atoms with Crippen LogP contribution in [0, 0.1) is 5.92 Å². The summed E-state index contributed by atoms with van der Waals surface area (Å²) in [5.41, 5.74) is 1.14. The fourth-order valence-electron chi connectivity index (χ4n) is 2.54. The molecule has 1 aliphatic heterocycles. The quantitative estimate of drug-likeness (QED) is 0.905. The van der Waals surface area contributed by atoms with Crippen molar-refractivity contribution in [2.24, 2.45) is 5.92 Å². The SMILES string of the molecule is CCN1CCN(c2ccc(NC(=O)C3CC3)nc2)CC1. The molecule has 2 aliphatic rings. The summed E-state index contributed by atoms with van der Waals surface area (Å²) in [6.07, 6.45) is 3.90. The molecule has 0 radical (unpaired) electrons. The number of hydrogen-bond donors (Lipinski definition) is 1. The zero-order valence-electron chi connectivity index (χ0n) is 12.0. The molecule has 5 heteroatoms. The Morgan fingerprint density at radius 3 is 2.60 bits per heavy atom. The van der Waals surface area contributed by atoms with E-state index < -0.39 is 0 Å². The van der Waals surface area contributed by atoms with Gasteiger partial charge >= 0.3 is 0 Å². The number of nitrogens with zero attached hydrogens (tertiary/aromatic N) is 3. The molecular weight excluding hydrogens is 252 g/mol. The highest BCUT2D eigenvalue weighted by Gasteiger charge is 2.29. The molecule has 1 aromatic heterocycles. The second-order valence-electron chi connectivity index (χ2n) is 5.59. The number of rotatable bonds is 4. The van der Waals surface area contributed by atoms with Gasteiger partial charge in [0.1, 0.15) is 5.82 Å². The number of carbonyl (C=O) groups is 1. The van der Waals surface area contributed by atoms with Gasteiger partial charge in [0.15, 0.2) is 0 Å². The molecule has 2 heterocycles. The summed E-state index contributed by atoms with van der Waals surface area (Å²) in [7, 11) is 0. The highest BCUT2D eigenvalue weighted by atomic mass is 16.2. The maximum atomic E-state index is 11.7. The Balaban J connectivity index is 1.57. The van der Waals surface area contributed by atoms with E-state index in [9.17, 15) is 4.79 Å². The molecule has 0 bridgehead atoms. The van der Waals surface area contributed by atoms with Crippen LogP contribution in [0.25, 0.3) is 0 Å². The minimum Gasteiger partial charge on any atom is -0.368 e. The normalized spacial score (nSPS) is 19.9. The third-order valence-corrected chi connectivity index (χ3v) is 4.13. The Morgan fingerprint density at radius 2 is 2.05 bits per heavy atom. The molecular formula is C15H22N4O. The van der Waals surface area contributed by atoms with Crippen LogP contribution >= 0.6 is 0 Å².